The predicted molar refractivity (Wildman–Crippen MR) is 89.7 cm³/mol. The van der Waals surface area contributed by atoms with Crippen molar-refractivity contribution >= 4 is 19.3 Å². The summed E-state index contributed by atoms with van der Waals surface area (Å²) < 4.78 is 11.6. The van der Waals surface area contributed by atoms with Crippen LogP contribution in [0.5, 0.6) is 5.75 Å². The fraction of sp³-hybridized carbons (Fsp3) is 0.471. The zero-order valence-corrected chi connectivity index (χ0v) is 14.7. The van der Waals surface area contributed by atoms with Gasteiger partial charge in [0.05, 0.1) is 0 Å². The van der Waals surface area contributed by atoms with Crippen LogP contribution in [0, 0.1) is 0 Å². The maximum Gasteiger partial charge on any atom is 0.336 e. The number of fused-ring (bicyclic) bond motifs is 1. The van der Waals surface area contributed by atoms with Crippen LogP contribution in [0.25, 0.3) is 11.0 Å². The van der Waals surface area contributed by atoms with Gasteiger partial charge in [-0.15, -0.1) is 0 Å². The normalized spacial score (nSPS) is 12.7. The van der Waals surface area contributed by atoms with Crippen LogP contribution in [0.4, 0.5) is 0 Å². The summed E-state index contributed by atoms with van der Waals surface area (Å²) in [5.41, 5.74) is 1.32. The van der Waals surface area contributed by atoms with Gasteiger partial charge in [-0.25, -0.2) is 4.79 Å². The molecular weight excluding hydrogens is 280 g/mol. The molecule has 0 bridgehead atoms. The molecule has 114 valence electrons. The summed E-state index contributed by atoms with van der Waals surface area (Å²) in [7, 11) is -1.89. The lowest BCUT2D eigenvalue weighted by atomic mass is 10.1. The van der Waals surface area contributed by atoms with Crippen molar-refractivity contribution in [2.24, 2.45) is 0 Å². The fourth-order valence-corrected chi connectivity index (χ4v) is 3.04. The molecular formula is C17H24O3Si. The minimum Gasteiger partial charge on any atom is -0.543 e. The number of hydrogen-bond acceptors (Lipinski definition) is 3. The van der Waals surface area contributed by atoms with E-state index in [-0.39, 0.29) is 10.7 Å². The topological polar surface area (TPSA) is 39.4 Å². The lowest BCUT2D eigenvalue weighted by Crippen LogP contribution is -2.43. The first-order chi connectivity index (χ1) is 9.64. The van der Waals surface area contributed by atoms with Crippen molar-refractivity contribution < 1.29 is 8.84 Å². The number of rotatable bonds is 3. The van der Waals surface area contributed by atoms with Crippen LogP contribution < -0.4 is 10.1 Å². The molecule has 0 fully saturated rings. The molecule has 1 heterocycles. The molecule has 1 aromatic carbocycles. The molecule has 0 saturated heterocycles. The van der Waals surface area contributed by atoms with Crippen LogP contribution in [0.3, 0.4) is 0 Å². The average molecular weight is 304 g/mol. The average Bonchev–Trinajstić information content (AvgIpc) is 2.35. The molecule has 0 aliphatic carbocycles. The second-order valence-electron chi connectivity index (χ2n) is 6.96. The van der Waals surface area contributed by atoms with E-state index in [9.17, 15) is 4.79 Å². The SMILES string of the molecule is CCc1cc(=O)oc2cc(O[Si](C)(C)C(C)(C)C)ccc12. The molecule has 4 heteroatoms. The Hall–Kier alpha value is -1.55. The molecule has 21 heavy (non-hydrogen) atoms. The summed E-state index contributed by atoms with van der Waals surface area (Å²) in [5, 5.41) is 1.12. The van der Waals surface area contributed by atoms with E-state index in [1.54, 1.807) is 6.07 Å². The molecule has 0 aliphatic heterocycles. The Morgan fingerprint density at radius 1 is 1.19 bits per heavy atom. The zero-order chi connectivity index (χ0) is 15.8. The van der Waals surface area contributed by atoms with E-state index in [2.05, 4.69) is 33.9 Å². The first-order valence-electron chi connectivity index (χ1n) is 7.40. The third-order valence-corrected chi connectivity index (χ3v) is 8.72. The molecule has 2 aromatic rings. The van der Waals surface area contributed by atoms with Crippen LogP contribution in [0.1, 0.15) is 33.3 Å². The molecule has 0 spiro atoms. The van der Waals surface area contributed by atoms with E-state index in [1.807, 2.05) is 25.1 Å². The lowest BCUT2D eigenvalue weighted by Gasteiger charge is -2.36. The number of hydrogen-bond donors (Lipinski definition) is 0. The zero-order valence-electron chi connectivity index (χ0n) is 13.7. The Balaban J connectivity index is 2.47. The minimum absolute atomic E-state index is 0.133. The van der Waals surface area contributed by atoms with Crippen molar-refractivity contribution in [1.82, 2.24) is 0 Å². The highest BCUT2D eigenvalue weighted by atomic mass is 28.4. The second kappa shape index (κ2) is 5.33. The van der Waals surface area contributed by atoms with Gasteiger partial charge < -0.3 is 8.84 Å². The summed E-state index contributed by atoms with van der Waals surface area (Å²) in [4.78, 5) is 11.6. The number of benzene rings is 1. The smallest absolute Gasteiger partial charge is 0.336 e. The van der Waals surface area contributed by atoms with Gasteiger partial charge in [0.2, 0.25) is 8.32 Å². The monoisotopic (exact) mass is 304 g/mol. The molecule has 0 atom stereocenters. The fourth-order valence-electron chi connectivity index (χ4n) is 2.01. The van der Waals surface area contributed by atoms with Gasteiger partial charge in [-0.3, -0.25) is 0 Å². The minimum atomic E-state index is -1.89. The quantitative estimate of drug-likeness (QED) is 0.607. The van der Waals surface area contributed by atoms with Gasteiger partial charge in [0.25, 0.3) is 0 Å². The molecule has 0 amide bonds. The van der Waals surface area contributed by atoms with Crippen LogP contribution >= 0.6 is 0 Å². The van der Waals surface area contributed by atoms with Gasteiger partial charge in [0, 0.05) is 17.5 Å². The van der Waals surface area contributed by atoms with Gasteiger partial charge in [0.1, 0.15) is 11.3 Å². The molecule has 0 radical (unpaired) electrons. The Morgan fingerprint density at radius 3 is 2.43 bits per heavy atom. The largest absolute Gasteiger partial charge is 0.543 e. The molecule has 2 rings (SSSR count). The Kier molecular flexibility index (Phi) is 4.02. The standard InChI is InChI=1S/C17H24O3Si/c1-7-12-10-16(18)19-15-11-13(8-9-14(12)15)20-21(5,6)17(2,3)4/h8-11H,7H2,1-6H3. The summed E-state index contributed by atoms with van der Waals surface area (Å²) in [6, 6.07) is 7.37. The van der Waals surface area contributed by atoms with Crippen LogP contribution in [0.2, 0.25) is 18.1 Å². The van der Waals surface area contributed by atoms with Crippen molar-refractivity contribution in [2.75, 3.05) is 0 Å². The highest BCUT2D eigenvalue weighted by molar-refractivity contribution is 6.74. The summed E-state index contributed by atoms with van der Waals surface area (Å²) >= 11 is 0. The summed E-state index contributed by atoms with van der Waals surface area (Å²) in [6.07, 6.45) is 0.810. The molecule has 0 aliphatic rings. The number of aryl methyl sites for hydroxylation is 1. The van der Waals surface area contributed by atoms with Gasteiger partial charge >= 0.3 is 5.63 Å². The predicted octanol–water partition coefficient (Wildman–Crippen LogP) is 4.74. The molecule has 1 aromatic heterocycles. The van der Waals surface area contributed by atoms with E-state index >= 15 is 0 Å². The van der Waals surface area contributed by atoms with Gasteiger partial charge in [-0.05, 0) is 42.2 Å². The molecule has 0 N–H and O–H groups in total. The van der Waals surface area contributed by atoms with Crippen LogP contribution in [-0.4, -0.2) is 8.32 Å². The lowest BCUT2D eigenvalue weighted by molar-refractivity contribution is 0.490. The third-order valence-electron chi connectivity index (χ3n) is 4.36. The van der Waals surface area contributed by atoms with Crippen molar-refractivity contribution in [3.05, 3.63) is 40.2 Å². The Bertz CT molecular complexity index is 708. The van der Waals surface area contributed by atoms with E-state index in [1.165, 1.54) is 0 Å². The Morgan fingerprint density at radius 2 is 1.86 bits per heavy atom. The van der Waals surface area contributed by atoms with E-state index in [4.69, 9.17) is 8.84 Å². The van der Waals surface area contributed by atoms with Gasteiger partial charge in [0.15, 0.2) is 0 Å². The van der Waals surface area contributed by atoms with Crippen molar-refractivity contribution in [2.45, 2.75) is 52.2 Å². The third kappa shape index (κ3) is 3.21. The first kappa shape index (κ1) is 15.8. The van der Waals surface area contributed by atoms with Crippen LogP contribution in [-0.2, 0) is 6.42 Å². The van der Waals surface area contributed by atoms with Crippen molar-refractivity contribution in [1.29, 1.82) is 0 Å². The maximum atomic E-state index is 11.6. The highest BCUT2D eigenvalue weighted by Gasteiger charge is 2.39. The highest BCUT2D eigenvalue weighted by Crippen LogP contribution is 2.37. The van der Waals surface area contributed by atoms with Crippen molar-refractivity contribution in [3.8, 4) is 5.75 Å². The first-order valence-corrected chi connectivity index (χ1v) is 10.3. The van der Waals surface area contributed by atoms with Crippen molar-refractivity contribution in [3.63, 3.8) is 0 Å². The second-order valence-corrected chi connectivity index (χ2v) is 11.7. The van der Waals surface area contributed by atoms with E-state index in [0.717, 1.165) is 23.1 Å². The van der Waals surface area contributed by atoms with Gasteiger partial charge in [-0.2, -0.15) is 0 Å². The molecule has 0 saturated carbocycles. The Labute approximate surface area is 127 Å². The summed E-state index contributed by atoms with van der Waals surface area (Å²) in [5.74, 6) is 0.783. The van der Waals surface area contributed by atoms with E-state index in [0.29, 0.717) is 5.58 Å². The molecule has 0 unspecified atom stereocenters. The molecule has 3 nitrogen and oxygen atoms in total. The van der Waals surface area contributed by atoms with Gasteiger partial charge in [-0.1, -0.05) is 27.7 Å². The summed E-state index contributed by atoms with van der Waals surface area (Å²) in [6.45, 7) is 13.1. The van der Waals surface area contributed by atoms with Crippen LogP contribution in [0.15, 0.2) is 33.5 Å². The maximum absolute atomic E-state index is 11.6. The van der Waals surface area contributed by atoms with E-state index < -0.39 is 8.32 Å².